The maximum Gasteiger partial charge on any atom is 0.159 e. The van der Waals surface area contributed by atoms with Crippen LogP contribution in [0.25, 0.3) is 10.9 Å². The number of fused-ring (bicyclic) bond motifs is 3. The minimum Gasteiger partial charge on any atom is -0.357 e. The fourth-order valence-corrected chi connectivity index (χ4v) is 3.35. The minimum absolute atomic E-state index is 0.176. The van der Waals surface area contributed by atoms with E-state index in [1.54, 1.807) is 6.07 Å². The third kappa shape index (κ3) is 2.11. The maximum atomic E-state index is 13.5. The van der Waals surface area contributed by atoms with Gasteiger partial charge in [0, 0.05) is 28.2 Å². The van der Waals surface area contributed by atoms with Crippen LogP contribution >= 0.6 is 11.6 Å². The third-order valence-electron chi connectivity index (χ3n) is 4.19. The van der Waals surface area contributed by atoms with Crippen LogP contribution in [0.15, 0.2) is 36.4 Å². The van der Waals surface area contributed by atoms with Crippen molar-refractivity contribution in [3.63, 3.8) is 0 Å². The monoisotopic (exact) mass is 318 g/mol. The molecule has 0 bridgehead atoms. The van der Waals surface area contributed by atoms with E-state index >= 15 is 0 Å². The molecule has 1 aromatic heterocycles. The van der Waals surface area contributed by atoms with E-state index in [4.69, 9.17) is 11.6 Å². The second kappa shape index (κ2) is 5.07. The lowest BCUT2D eigenvalue weighted by atomic mass is 9.94. The highest BCUT2D eigenvalue weighted by atomic mass is 35.5. The van der Waals surface area contributed by atoms with Gasteiger partial charge in [0.05, 0.1) is 6.04 Å². The van der Waals surface area contributed by atoms with Gasteiger partial charge in [-0.05, 0) is 47.9 Å². The molecule has 3 aromatic rings. The molecule has 1 atom stereocenters. The molecule has 0 fully saturated rings. The van der Waals surface area contributed by atoms with Gasteiger partial charge in [0.2, 0.25) is 0 Å². The summed E-state index contributed by atoms with van der Waals surface area (Å²) >= 11 is 6.09. The Bertz CT molecular complexity index is 872. The van der Waals surface area contributed by atoms with Crippen LogP contribution < -0.4 is 5.32 Å². The van der Waals surface area contributed by atoms with E-state index in [2.05, 4.69) is 10.3 Å². The lowest BCUT2D eigenvalue weighted by Gasteiger charge is -2.25. The largest absolute Gasteiger partial charge is 0.357 e. The molecule has 112 valence electrons. The van der Waals surface area contributed by atoms with E-state index in [1.165, 1.54) is 17.7 Å². The smallest absolute Gasteiger partial charge is 0.159 e. The van der Waals surface area contributed by atoms with Crippen molar-refractivity contribution >= 4 is 22.5 Å². The maximum absolute atomic E-state index is 13.5. The highest BCUT2D eigenvalue weighted by Gasteiger charge is 2.25. The van der Waals surface area contributed by atoms with Gasteiger partial charge in [-0.2, -0.15) is 0 Å². The predicted molar refractivity (Wildman–Crippen MR) is 83.2 cm³/mol. The van der Waals surface area contributed by atoms with Crippen LogP contribution in [-0.2, 0) is 6.42 Å². The fourth-order valence-electron chi connectivity index (χ4n) is 3.18. The van der Waals surface area contributed by atoms with Crippen molar-refractivity contribution in [2.45, 2.75) is 12.5 Å². The van der Waals surface area contributed by atoms with Crippen LogP contribution in [0.4, 0.5) is 8.78 Å². The van der Waals surface area contributed by atoms with Gasteiger partial charge in [0.25, 0.3) is 0 Å². The molecular weight excluding hydrogens is 306 g/mol. The van der Waals surface area contributed by atoms with E-state index in [-0.39, 0.29) is 6.04 Å². The number of rotatable bonds is 1. The van der Waals surface area contributed by atoms with Crippen molar-refractivity contribution in [2.75, 3.05) is 6.54 Å². The summed E-state index contributed by atoms with van der Waals surface area (Å²) in [6, 6.07) is 9.58. The summed E-state index contributed by atoms with van der Waals surface area (Å²) in [5.41, 5.74) is 3.89. The Hall–Kier alpha value is -1.91. The molecule has 22 heavy (non-hydrogen) atoms. The molecule has 5 heteroatoms. The lowest BCUT2D eigenvalue weighted by Crippen LogP contribution is -2.30. The van der Waals surface area contributed by atoms with Crippen molar-refractivity contribution < 1.29 is 8.78 Å². The average molecular weight is 319 g/mol. The normalized spacial score (nSPS) is 17.7. The summed E-state index contributed by atoms with van der Waals surface area (Å²) in [5.74, 6) is -1.66. The first-order valence-electron chi connectivity index (χ1n) is 7.12. The first kappa shape index (κ1) is 13.7. The predicted octanol–water partition coefficient (Wildman–Crippen LogP) is 4.33. The third-order valence-corrected chi connectivity index (χ3v) is 4.43. The van der Waals surface area contributed by atoms with Crippen molar-refractivity contribution in [1.82, 2.24) is 10.3 Å². The molecule has 2 aromatic carbocycles. The number of aromatic nitrogens is 1. The fraction of sp³-hybridized carbons (Fsp3) is 0.176. The molecule has 0 spiro atoms. The quantitative estimate of drug-likeness (QED) is 0.686. The molecule has 0 radical (unpaired) electrons. The van der Waals surface area contributed by atoms with Crippen LogP contribution in [0.1, 0.15) is 22.9 Å². The zero-order valence-corrected chi connectivity index (χ0v) is 12.3. The second-order valence-corrected chi connectivity index (χ2v) is 5.95. The van der Waals surface area contributed by atoms with Crippen molar-refractivity contribution in [2.24, 2.45) is 0 Å². The van der Waals surface area contributed by atoms with E-state index in [0.717, 1.165) is 29.6 Å². The van der Waals surface area contributed by atoms with Crippen molar-refractivity contribution in [1.29, 1.82) is 0 Å². The summed E-state index contributed by atoms with van der Waals surface area (Å²) in [7, 11) is 0. The summed E-state index contributed by atoms with van der Waals surface area (Å²) in [5, 5.41) is 5.15. The van der Waals surface area contributed by atoms with Crippen molar-refractivity contribution in [3.05, 3.63) is 69.9 Å². The average Bonchev–Trinajstić information content (AvgIpc) is 2.88. The Labute approximate surface area is 131 Å². The van der Waals surface area contributed by atoms with Gasteiger partial charge in [0.1, 0.15) is 0 Å². The van der Waals surface area contributed by atoms with Gasteiger partial charge >= 0.3 is 0 Å². The van der Waals surface area contributed by atoms with Crippen LogP contribution in [0, 0.1) is 11.6 Å². The van der Waals surface area contributed by atoms with Crippen LogP contribution in [0.3, 0.4) is 0 Å². The van der Waals surface area contributed by atoms with Crippen molar-refractivity contribution in [3.8, 4) is 0 Å². The Kier molecular flexibility index (Phi) is 3.17. The number of benzene rings is 2. The number of aromatic amines is 1. The summed E-state index contributed by atoms with van der Waals surface area (Å²) < 4.78 is 26.7. The Morgan fingerprint density at radius 2 is 1.91 bits per heavy atom. The minimum atomic E-state index is -0.830. The number of halogens is 3. The molecular formula is C17H13ClF2N2. The number of H-pyrrole nitrogens is 1. The summed E-state index contributed by atoms with van der Waals surface area (Å²) in [6.07, 6.45) is 0.871. The molecule has 2 heterocycles. The number of hydrogen-bond donors (Lipinski definition) is 2. The van der Waals surface area contributed by atoms with E-state index < -0.39 is 11.6 Å². The molecule has 1 unspecified atom stereocenters. The van der Waals surface area contributed by atoms with Gasteiger partial charge in [-0.3, -0.25) is 0 Å². The molecule has 4 rings (SSSR count). The SMILES string of the molecule is Fc1ccc(C2NCCc3c2[nH]c2ccc(Cl)cc32)cc1F. The summed E-state index contributed by atoms with van der Waals surface area (Å²) in [4.78, 5) is 3.39. The molecule has 0 saturated carbocycles. The molecule has 0 amide bonds. The standard InChI is InChI=1S/C17H13ClF2N2/c18-10-2-4-15-12(8-10)11-5-6-21-16(17(11)22-15)9-1-3-13(19)14(20)7-9/h1-4,7-8,16,21-22H,5-6H2. The van der Waals surface area contributed by atoms with E-state index in [1.807, 2.05) is 18.2 Å². The van der Waals surface area contributed by atoms with Gasteiger partial charge in [-0.1, -0.05) is 17.7 Å². The first-order chi connectivity index (χ1) is 10.6. The van der Waals surface area contributed by atoms with Gasteiger partial charge < -0.3 is 10.3 Å². The van der Waals surface area contributed by atoms with Gasteiger partial charge in [-0.15, -0.1) is 0 Å². The van der Waals surface area contributed by atoms with Crippen LogP contribution in [-0.4, -0.2) is 11.5 Å². The molecule has 2 N–H and O–H groups in total. The van der Waals surface area contributed by atoms with Crippen LogP contribution in [0.5, 0.6) is 0 Å². The summed E-state index contributed by atoms with van der Waals surface area (Å²) in [6.45, 7) is 0.774. The van der Waals surface area contributed by atoms with Crippen LogP contribution in [0.2, 0.25) is 5.02 Å². The highest BCUT2D eigenvalue weighted by Crippen LogP contribution is 2.34. The molecule has 0 saturated heterocycles. The first-order valence-corrected chi connectivity index (χ1v) is 7.49. The molecule has 1 aliphatic heterocycles. The zero-order valence-electron chi connectivity index (χ0n) is 11.6. The van der Waals surface area contributed by atoms with Gasteiger partial charge in [-0.25, -0.2) is 8.78 Å². The van der Waals surface area contributed by atoms with E-state index in [0.29, 0.717) is 10.6 Å². The molecule has 1 aliphatic rings. The molecule has 0 aliphatic carbocycles. The number of hydrogen-bond acceptors (Lipinski definition) is 1. The van der Waals surface area contributed by atoms with E-state index in [9.17, 15) is 8.78 Å². The Balaban J connectivity index is 1.88. The molecule has 2 nitrogen and oxygen atoms in total. The topological polar surface area (TPSA) is 27.8 Å². The number of nitrogens with one attached hydrogen (secondary N) is 2. The Morgan fingerprint density at radius 3 is 2.73 bits per heavy atom. The second-order valence-electron chi connectivity index (χ2n) is 5.52. The lowest BCUT2D eigenvalue weighted by molar-refractivity contribution is 0.500. The zero-order chi connectivity index (χ0) is 15.3. The van der Waals surface area contributed by atoms with Gasteiger partial charge in [0.15, 0.2) is 11.6 Å². The Morgan fingerprint density at radius 1 is 1.05 bits per heavy atom. The highest BCUT2D eigenvalue weighted by molar-refractivity contribution is 6.31.